The van der Waals surface area contributed by atoms with Crippen LogP contribution < -0.4 is 5.32 Å². The molecule has 0 spiro atoms. The Morgan fingerprint density at radius 3 is 2.47 bits per heavy atom. The summed E-state index contributed by atoms with van der Waals surface area (Å²) in [5.74, 6) is -3.12. The highest BCUT2D eigenvalue weighted by Gasteiger charge is 2.31. The van der Waals surface area contributed by atoms with Gasteiger partial charge in [0.05, 0.1) is 0 Å². The van der Waals surface area contributed by atoms with E-state index in [1.807, 2.05) is 0 Å². The van der Waals surface area contributed by atoms with Gasteiger partial charge < -0.3 is 10.2 Å². The van der Waals surface area contributed by atoms with Crippen LogP contribution in [0.5, 0.6) is 0 Å². The number of likely N-dealkylation sites (tertiary alicyclic amines) is 1. The standard InChI is InChI=1S/C12H11BrF2N2O2/c1-17-3-2-9(12(17)19)16-11(18)10-7(14)4-6(13)5-8(10)15/h4-5,9H,2-3H2,1H3,(H,16,18). The Bertz CT molecular complexity index is 528. The first-order valence-electron chi connectivity index (χ1n) is 5.60. The normalized spacial score (nSPS) is 18.8. The van der Waals surface area contributed by atoms with Crippen molar-refractivity contribution in [1.29, 1.82) is 0 Å². The van der Waals surface area contributed by atoms with E-state index in [1.54, 1.807) is 7.05 Å². The molecule has 7 heteroatoms. The van der Waals surface area contributed by atoms with Crippen LogP contribution in [-0.2, 0) is 4.79 Å². The van der Waals surface area contributed by atoms with Gasteiger partial charge in [-0.1, -0.05) is 15.9 Å². The van der Waals surface area contributed by atoms with Crippen LogP contribution in [0.25, 0.3) is 0 Å². The molecule has 2 rings (SSSR count). The third-order valence-electron chi connectivity index (χ3n) is 2.97. The van der Waals surface area contributed by atoms with Crippen molar-refractivity contribution < 1.29 is 18.4 Å². The van der Waals surface area contributed by atoms with Crippen LogP contribution in [0.3, 0.4) is 0 Å². The van der Waals surface area contributed by atoms with E-state index in [1.165, 1.54) is 4.90 Å². The Kier molecular flexibility index (Phi) is 3.84. The van der Waals surface area contributed by atoms with Crippen LogP contribution in [0.2, 0.25) is 0 Å². The molecule has 4 nitrogen and oxygen atoms in total. The summed E-state index contributed by atoms with van der Waals surface area (Å²) in [4.78, 5) is 24.9. The van der Waals surface area contributed by atoms with Crippen LogP contribution in [0.4, 0.5) is 8.78 Å². The molecule has 1 heterocycles. The molecule has 1 aromatic carbocycles. The smallest absolute Gasteiger partial charge is 0.257 e. The number of nitrogens with zero attached hydrogens (tertiary/aromatic N) is 1. The summed E-state index contributed by atoms with van der Waals surface area (Å²) in [6.45, 7) is 0.509. The van der Waals surface area contributed by atoms with E-state index in [0.717, 1.165) is 12.1 Å². The zero-order valence-corrected chi connectivity index (χ0v) is 11.6. The Balaban J connectivity index is 2.19. The van der Waals surface area contributed by atoms with Crippen LogP contribution in [0.1, 0.15) is 16.8 Å². The fourth-order valence-corrected chi connectivity index (χ4v) is 2.35. The number of hydrogen-bond donors (Lipinski definition) is 1. The molecule has 1 aliphatic heterocycles. The van der Waals surface area contributed by atoms with Crippen LogP contribution in [0, 0.1) is 11.6 Å². The summed E-state index contributed by atoms with van der Waals surface area (Å²) < 4.78 is 27.4. The number of nitrogens with one attached hydrogen (secondary N) is 1. The first kappa shape index (κ1) is 13.9. The van der Waals surface area contributed by atoms with Gasteiger partial charge in [-0.3, -0.25) is 9.59 Å². The minimum atomic E-state index is -0.969. The summed E-state index contributed by atoms with van der Waals surface area (Å²) in [6, 6.07) is 1.28. The summed E-state index contributed by atoms with van der Waals surface area (Å²) in [7, 11) is 1.61. The first-order chi connectivity index (χ1) is 8.90. The molecule has 2 amide bonds. The number of amides is 2. The van der Waals surface area contributed by atoms with Gasteiger partial charge in [0, 0.05) is 18.1 Å². The van der Waals surface area contributed by atoms with Gasteiger partial charge in [0.1, 0.15) is 23.2 Å². The molecule has 19 heavy (non-hydrogen) atoms. The molecule has 1 saturated heterocycles. The number of halogens is 3. The van der Waals surface area contributed by atoms with E-state index in [2.05, 4.69) is 21.2 Å². The average Bonchev–Trinajstić information content (AvgIpc) is 2.59. The van der Waals surface area contributed by atoms with Crippen molar-refractivity contribution in [3.8, 4) is 0 Å². The largest absolute Gasteiger partial charge is 0.344 e. The van der Waals surface area contributed by atoms with Gasteiger partial charge in [-0.05, 0) is 18.6 Å². The molecule has 0 aromatic heterocycles. The van der Waals surface area contributed by atoms with E-state index >= 15 is 0 Å². The van der Waals surface area contributed by atoms with E-state index in [-0.39, 0.29) is 10.4 Å². The second-order valence-corrected chi connectivity index (χ2v) is 5.23. The summed E-state index contributed by atoms with van der Waals surface area (Å²) in [6.07, 6.45) is 0.431. The molecule has 1 N–H and O–H groups in total. The minimum absolute atomic E-state index is 0.204. The number of hydrogen-bond acceptors (Lipinski definition) is 2. The highest BCUT2D eigenvalue weighted by molar-refractivity contribution is 9.10. The van der Waals surface area contributed by atoms with Crippen molar-refractivity contribution in [3.05, 3.63) is 33.8 Å². The molecule has 0 radical (unpaired) electrons. The van der Waals surface area contributed by atoms with E-state index in [0.29, 0.717) is 13.0 Å². The molecule has 102 valence electrons. The second-order valence-electron chi connectivity index (χ2n) is 4.32. The molecule has 0 saturated carbocycles. The van der Waals surface area contributed by atoms with Crippen molar-refractivity contribution in [3.63, 3.8) is 0 Å². The zero-order valence-electron chi connectivity index (χ0n) is 10.0. The SMILES string of the molecule is CN1CCC(NC(=O)c2c(F)cc(Br)cc2F)C1=O. The zero-order chi connectivity index (χ0) is 14.2. The lowest BCUT2D eigenvalue weighted by atomic mass is 10.1. The van der Waals surface area contributed by atoms with Gasteiger partial charge in [-0.25, -0.2) is 8.78 Å². The predicted molar refractivity (Wildman–Crippen MR) is 67.6 cm³/mol. The van der Waals surface area contributed by atoms with Crippen LogP contribution in [-0.4, -0.2) is 36.3 Å². The van der Waals surface area contributed by atoms with Crippen molar-refractivity contribution in [1.82, 2.24) is 10.2 Å². The van der Waals surface area contributed by atoms with E-state index in [9.17, 15) is 18.4 Å². The first-order valence-corrected chi connectivity index (χ1v) is 6.40. The van der Waals surface area contributed by atoms with Gasteiger partial charge in [0.25, 0.3) is 5.91 Å². The van der Waals surface area contributed by atoms with Crippen molar-refractivity contribution in [2.45, 2.75) is 12.5 Å². The Hall–Kier alpha value is -1.50. The van der Waals surface area contributed by atoms with Gasteiger partial charge >= 0.3 is 0 Å². The molecule has 1 fully saturated rings. The topological polar surface area (TPSA) is 49.4 Å². The average molecular weight is 333 g/mol. The highest BCUT2D eigenvalue weighted by Crippen LogP contribution is 2.20. The van der Waals surface area contributed by atoms with Crippen molar-refractivity contribution >= 4 is 27.7 Å². The molecule has 1 aliphatic rings. The fraction of sp³-hybridized carbons (Fsp3) is 0.333. The monoisotopic (exact) mass is 332 g/mol. The summed E-state index contributed by atoms with van der Waals surface area (Å²) >= 11 is 2.93. The van der Waals surface area contributed by atoms with Gasteiger partial charge in [0.15, 0.2) is 0 Å². The fourth-order valence-electron chi connectivity index (χ4n) is 1.95. The molecule has 0 bridgehead atoms. The van der Waals surface area contributed by atoms with Gasteiger partial charge in [-0.2, -0.15) is 0 Å². The number of rotatable bonds is 2. The van der Waals surface area contributed by atoms with Gasteiger partial charge in [0.2, 0.25) is 5.91 Å². The van der Waals surface area contributed by atoms with Gasteiger partial charge in [-0.15, -0.1) is 0 Å². The number of carbonyl (C=O) groups is 2. The molecule has 1 aromatic rings. The van der Waals surface area contributed by atoms with E-state index in [4.69, 9.17) is 0 Å². The molecule has 0 aliphatic carbocycles. The van der Waals surface area contributed by atoms with Crippen molar-refractivity contribution in [2.75, 3.05) is 13.6 Å². The van der Waals surface area contributed by atoms with Crippen molar-refractivity contribution in [2.24, 2.45) is 0 Å². The lowest BCUT2D eigenvalue weighted by Crippen LogP contribution is -2.41. The lowest BCUT2D eigenvalue weighted by Gasteiger charge is -2.13. The number of benzene rings is 1. The van der Waals surface area contributed by atoms with Crippen LogP contribution >= 0.6 is 15.9 Å². The predicted octanol–water partition coefficient (Wildman–Crippen LogP) is 1.69. The second kappa shape index (κ2) is 5.24. The third-order valence-corrected chi connectivity index (χ3v) is 3.42. The maximum absolute atomic E-state index is 13.6. The maximum Gasteiger partial charge on any atom is 0.257 e. The Morgan fingerprint density at radius 2 is 2.00 bits per heavy atom. The molecular weight excluding hydrogens is 322 g/mol. The maximum atomic E-state index is 13.6. The molecule has 1 atom stereocenters. The van der Waals surface area contributed by atoms with E-state index < -0.39 is 29.1 Å². The molecular formula is C12H11BrF2N2O2. The minimum Gasteiger partial charge on any atom is -0.344 e. The highest BCUT2D eigenvalue weighted by atomic mass is 79.9. The summed E-state index contributed by atoms with van der Waals surface area (Å²) in [5.41, 5.74) is -0.675. The lowest BCUT2D eigenvalue weighted by molar-refractivity contribution is -0.128. The Labute approximate surface area is 116 Å². The summed E-state index contributed by atoms with van der Waals surface area (Å²) in [5, 5.41) is 2.35. The molecule has 1 unspecified atom stereocenters. The number of likely N-dealkylation sites (N-methyl/N-ethyl adjacent to an activating group) is 1. The quantitative estimate of drug-likeness (QED) is 0.895. The Morgan fingerprint density at radius 1 is 1.42 bits per heavy atom. The number of carbonyl (C=O) groups excluding carboxylic acids is 2. The van der Waals surface area contributed by atoms with Crippen LogP contribution in [0.15, 0.2) is 16.6 Å². The third kappa shape index (κ3) is 2.75.